The molecule has 0 aliphatic heterocycles. The van der Waals surface area contributed by atoms with Gasteiger partial charge >= 0.3 is 0 Å². The van der Waals surface area contributed by atoms with Crippen LogP contribution in [0.4, 0.5) is 5.69 Å². The van der Waals surface area contributed by atoms with Gasteiger partial charge in [0, 0.05) is 16.6 Å². The maximum Gasteiger partial charge on any atom is 0.224 e. The zero-order chi connectivity index (χ0) is 18.4. The average Bonchev–Trinajstić information content (AvgIpc) is 2.60. The van der Waals surface area contributed by atoms with Crippen molar-refractivity contribution in [2.75, 3.05) is 19.5 Å². The van der Waals surface area contributed by atoms with Crippen LogP contribution in [0.5, 0.6) is 11.5 Å². The highest BCUT2D eigenvalue weighted by atomic mass is 79.9. The van der Waals surface area contributed by atoms with Crippen LogP contribution in [0, 0.1) is 0 Å². The summed E-state index contributed by atoms with van der Waals surface area (Å²) in [4.78, 5) is 12.2. The Labute approximate surface area is 157 Å². The predicted molar refractivity (Wildman–Crippen MR) is 105 cm³/mol. The van der Waals surface area contributed by atoms with Gasteiger partial charge in [-0.2, -0.15) is 0 Å². The normalized spacial score (nSPS) is 10.6. The van der Waals surface area contributed by atoms with E-state index in [9.17, 15) is 4.79 Å². The maximum absolute atomic E-state index is 12.2. The minimum Gasteiger partial charge on any atom is -0.493 e. The molecule has 0 unspecified atom stereocenters. The van der Waals surface area contributed by atoms with Crippen LogP contribution in [0.3, 0.4) is 0 Å². The highest BCUT2D eigenvalue weighted by molar-refractivity contribution is 9.10. The monoisotopic (exact) mass is 405 g/mol. The largest absolute Gasteiger partial charge is 0.493 e. The standard InChI is InChI=1S/C20H24BrNO3/c1-13(2)14-5-8-16(9-6-14)22-20(23)10-7-15-11-18(24-3)19(25-4)12-17(15)21/h5-6,8-9,11-13H,7,10H2,1-4H3,(H,22,23). The molecule has 0 saturated heterocycles. The third-order valence-electron chi connectivity index (χ3n) is 4.04. The molecule has 1 amide bonds. The van der Waals surface area contributed by atoms with Gasteiger partial charge in [-0.15, -0.1) is 0 Å². The van der Waals surface area contributed by atoms with Crippen molar-refractivity contribution in [3.05, 3.63) is 52.0 Å². The second kappa shape index (κ2) is 8.90. The van der Waals surface area contributed by atoms with Gasteiger partial charge in [-0.1, -0.05) is 41.9 Å². The topological polar surface area (TPSA) is 47.6 Å². The van der Waals surface area contributed by atoms with Crippen molar-refractivity contribution in [1.82, 2.24) is 0 Å². The smallest absolute Gasteiger partial charge is 0.224 e. The third kappa shape index (κ3) is 5.23. The molecule has 0 heterocycles. The number of carbonyl (C=O) groups excluding carboxylic acids is 1. The quantitative estimate of drug-likeness (QED) is 0.691. The first-order valence-corrected chi connectivity index (χ1v) is 9.04. The molecule has 0 spiro atoms. The van der Waals surface area contributed by atoms with Crippen LogP contribution in [0.25, 0.3) is 0 Å². The zero-order valence-electron chi connectivity index (χ0n) is 15.1. The molecule has 0 saturated carbocycles. The summed E-state index contributed by atoms with van der Waals surface area (Å²) in [7, 11) is 3.20. The van der Waals surface area contributed by atoms with Crippen molar-refractivity contribution < 1.29 is 14.3 Å². The number of halogens is 1. The molecular weight excluding hydrogens is 382 g/mol. The van der Waals surface area contributed by atoms with Gasteiger partial charge in [0.05, 0.1) is 14.2 Å². The van der Waals surface area contributed by atoms with Crippen LogP contribution in [0.1, 0.15) is 37.3 Å². The van der Waals surface area contributed by atoms with Crippen molar-refractivity contribution in [3.63, 3.8) is 0 Å². The molecule has 0 fully saturated rings. The first kappa shape index (κ1) is 19.3. The first-order valence-electron chi connectivity index (χ1n) is 8.24. The first-order chi connectivity index (χ1) is 11.9. The van der Waals surface area contributed by atoms with E-state index in [0.29, 0.717) is 30.3 Å². The van der Waals surface area contributed by atoms with E-state index in [-0.39, 0.29) is 5.91 Å². The summed E-state index contributed by atoms with van der Waals surface area (Å²) in [5, 5.41) is 2.94. The van der Waals surface area contributed by atoms with Gasteiger partial charge < -0.3 is 14.8 Å². The van der Waals surface area contributed by atoms with E-state index in [0.717, 1.165) is 15.7 Å². The highest BCUT2D eigenvalue weighted by Gasteiger charge is 2.11. The number of rotatable bonds is 7. The van der Waals surface area contributed by atoms with Crippen molar-refractivity contribution in [1.29, 1.82) is 0 Å². The SMILES string of the molecule is COc1cc(Br)c(CCC(=O)Nc2ccc(C(C)C)cc2)cc1OC. The summed E-state index contributed by atoms with van der Waals surface area (Å²) < 4.78 is 11.5. The molecule has 134 valence electrons. The Bertz CT molecular complexity index is 726. The van der Waals surface area contributed by atoms with Crippen LogP contribution < -0.4 is 14.8 Å². The molecule has 2 rings (SSSR count). The number of nitrogens with one attached hydrogen (secondary N) is 1. The number of ether oxygens (including phenoxy) is 2. The van der Waals surface area contributed by atoms with E-state index < -0.39 is 0 Å². The van der Waals surface area contributed by atoms with Crippen molar-refractivity contribution in [3.8, 4) is 11.5 Å². The molecular formula is C20H24BrNO3. The number of anilines is 1. The number of methoxy groups -OCH3 is 2. The molecule has 0 aliphatic rings. The Morgan fingerprint density at radius 3 is 2.24 bits per heavy atom. The van der Waals surface area contributed by atoms with Gasteiger partial charge in [0.25, 0.3) is 0 Å². The lowest BCUT2D eigenvalue weighted by atomic mass is 10.0. The molecule has 25 heavy (non-hydrogen) atoms. The Kier molecular flexibility index (Phi) is 6.88. The summed E-state index contributed by atoms with van der Waals surface area (Å²) in [6.45, 7) is 4.29. The number of aryl methyl sites for hydroxylation is 1. The van der Waals surface area contributed by atoms with Crippen LogP contribution in [-0.2, 0) is 11.2 Å². The van der Waals surface area contributed by atoms with Crippen molar-refractivity contribution >= 4 is 27.5 Å². The number of carbonyl (C=O) groups is 1. The maximum atomic E-state index is 12.2. The van der Waals surface area contributed by atoms with Crippen molar-refractivity contribution in [2.24, 2.45) is 0 Å². The molecule has 0 radical (unpaired) electrons. The van der Waals surface area contributed by atoms with Crippen LogP contribution >= 0.6 is 15.9 Å². The van der Waals surface area contributed by atoms with E-state index in [1.807, 2.05) is 36.4 Å². The van der Waals surface area contributed by atoms with Gasteiger partial charge in [0.2, 0.25) is 5.91 Å². The molecule has 5 heteroatoms. The third-order valence-corrected chi connectivity index (χ3v) is 4.77. The lowest BCUT2D eigenvalue weighted by Crippen LogP contribution is -2.12. The van der Waals surface area contributed by atoms with E-state index in [1.165, 1.54) is 5.56 Å². The molecule has 0 aromatic heterocycles. The Hall–Kier alpha value is -2.01. The summed E-state index contributed by atoms with van der Waals surface area (Å²) >= 11 is 3.52. The fraction of sp³-hybridized carbons (Fsp3) is 0.350. The van der Waals surface area contributed by atoms with Crippen LogP contribution in [0.2, 0.25) is 0 Å². The van der Waals surface area contributed by atoms with Crippen molar-refractivity contribution in [2.45, 2.75) is 32.6 Å². The summed E-state index contributed by atoms with van der Waals surface area (Å²) in [6.07, 6.45) is 0.997. The molecule has 4 nitrogen and oxygen atoms in total. The minimum atomic E-state index is -0.0148. The molecule has 0 atom stereocenters. The van der Waals surface area contributed by atoms with Gasteiger partial charge in [0.1, 0.15) is 0 Å². The van der Waals surface area contributed by atoms with E-state index in [2.05, 4.69) is 35.1 Å². The Balaban J connectivity index is 1.97. The number of hydrogen-bond donors (Lipinski definition) is 1. The zero-order valence-corrected chi connectivity index (χ0v) is 16.6. The Morgan fingerprint density at radius 2 is 1.68 bits per heavy atom. The molecule has 0 bridgehead atoms. The van der Waals surface area contributed by atoms with E-state index in [4.69, 9.17) is 9.47 Å². The van der Waals surface area contributed by atoms with E-state index >= 15 is 0 Å². The Morgan fingerprint density at radius 1 is 1.08 bits per heavy atom. The lowest BCUT2D eigenvalue weighted by Gasteiger charge is -2.12. The predicted octanol–water partition coefficient (Wildman–Crippen LogP) is 5.16. The molecule has 0 aliphatic carbocycles. The lowest BCUT2D eigenvalue weighted by molar-refractivity contribution is -0.116. The second-order valence-electron chi connectivity index (χ2n) is 6.12. The molecule has 1 N–H and O–H groups in total. The van der Waals surface area contributed by atoms with Gasteiger partial charge in [-0.3, -0.25) is 4.79 Å². The highest BCUT2D eigenvalue weighted by Crippen LogP contribution is 2.33. The molecule has 2 aromatic carbocycles. The average molecular weight is 406 g/mol. The van der Waals surface area contributed by atoms with Crippen LogP contribution in [0.15, 0.2) is 40.9 Å². The fourth-order valence-electron chi connectivity index (χ4n) is 2.51. The van der Waals surface area contributed by atoms with Gasteiger partial charge in [-0.25, -0.2) is 0 Å². The molecule has 2 aromatic rings. The number of amides is 1. The van der Waals surface area contributed by atoms with Crippen LogP contribution in [-0.4, -0.2) is 20.1 Å². The minimum absolute atomic E-state index is 0.0148. The summed E-state index contributed by atoms with van der Waals surface area (Å²) in [5.74, 6) is 1.78. The number of benzene rings is 2. The second-order valence-corrected chi connectivity index (χ2v) is 6.98. The van der Waals surface area contributed by atoms with E-state index in [1.54, 1.807) is 14.2 Å². The fourth-order valence-corrected chi connectivity index (χ4v) is 3.03. The number of hydrogen-bond acceptors (Lipinski definition) is 3. The van der Waals surface area contributed by atoms with Gasteiger partial charge in [-0.05, 0) is 47.7 Å². The summed E-state index contributed by atoms with van der Waals surface area (Å²) in [6, 6.07) is 11.7. The summed E-state index contributed by atoms with van der Waals surface area (Å²) in [5.41, 5.74) is 3.08. The van der Waals surface area contributed by atoms with Gasteiger partial charge in [0.15, 0.2) is 11.5 Å².